The molecule has 1 aliphatic carbocycles. The lowest BCUT2D eigenvalue weighted by molar-refractivity contribution is -0.133. The molecule has 1 atom stereocenters. The number of likely N-dealkylation sites (tertiary alicyclic amines) is 1. The lowest BCUT2D eigenvalue weighted by atomic mass is 9.79. The van der Waals surface area contributed by atoms with Crippen molar-refractivity contribution in [3.63, 3.8) is 0 Å². The topological polar surface area (TPSA) is 99.9 Å². The third kappa shape index (κ3) is 8.31. The van der Waals surface area contributed by atoms with E-state index < -0.39 is 5.91 Å². The Bertz CT molecular complexity index is 1940. The van der Waals surface area contributed by atoms with Gasteiger partial charge in [0.1, 0.15) is 5.58 Å². The van der Waals surface area contributed by atoms with E-state index in [1.807, 2.05) is 29.2 Å². The molecule has 8 nitrogen and oxygen atoms in total. The number of amides is 3. The summed E-state index contributed by atoms with van der Waals surface area (Å²) in [6.45, 7) is 2.95. The summed E-state index contributed by atoms with van der Waals surface area (Å²) in [5.74, 6) is -0.0605. The fraction of sp³-hybridized carbons (Fsp3) is 0.350. The van der Waals surface area contributed by atoms with Crippen LogP contribution in [0.2, 0.25) is 5.02 Å². The number of halogens is 1. The van der Waals surface area contributed by atoms with Crippen LogP contribution in [0.25, 0.3) is 11.0 Å². The molecule has 1 saturated carbocycles. The van der Waals surface area contributed by atoms with Crippen molar-refractivity contribution in [2.75, 3.05) is 18.5 Å². The van der Waals surface area contributed by atoms with Gasteiger partial charge in [0.05, 0.1) is 11.4 Å². The van der Waals surface area contributed by atoms with Crippen LogP contribution in [0.5, 0.6) is 0 Å². The molecule has 0 spiro atoms. The number of fused-ring (bicyclic) bond motifs is 1. The van der Waals surface area contributed by atoms with Gasteiger partial charge in [-0.1, -0.05) is 59.6 Å². The van der Waals surface area contributed by atoms with Gasteiger partial charge in [-0.2, -0.15) is 0 Å². The number of carbonyl (C=O) groups excluding carboxylic acids is 3. The van der Waals surface area contributed by atoms with E-state index in [1.54, 1.807) is 25.2 Å². The van der Waals surface area contributed by atoms with Gasteiger partial charge >= 0.3 is 0 Å². The largest absolute Gasteiger partial charge is 0.451 e. The van der Waals surface area contributed by atoms with Gasteiger partial charge in [-0.15, -0.1) is 0 Å². The van der Waals surface area contributed by atoms with E-state index in [-0.39, 0.29) is 34.6 Å². The van der Waals surface area contributed by atoms with E-state index in [1.165, 1.54) is 34.6 Å². The van der Waals surface area contributed by atoms with Crippen molar-refractivity contribution in [3.8, 4) is 0 Å². The number of hydrogen-bond acceptors (Lipinski definition) is 5. The highest BCUT2D eigenvalue weighted by Crippen LogP contribution is 2.38. The summed E-state index contributed by atoms with van der Waals surface area (Å²) >= 11 is 6.15. The monoisotopic (exact) mass is 679 g/mol. The zero-order chi connectivity index (χ0) is 34.5. The highest BCUT2D eigenvalue weighted by atomic mass is 35.5. The molecule has 0 unspecified atom stereocenters. The van der Waals surface area contributed by atoms with Gasteiger partial charge in [0.25, 0.3) is 5.91 Å². The minimum Gasteiger partial charge on any atom is -0.451 e. The number of nitrogens with zero attached hydrogens (tertiary/aromatic N) is 2. The second-order valence-corrected chi connectivity index (χ2v) is 13.7. The molecular weight excluding hydrogens is 638 g/mol. The average molecular weight is 680 g/mol. The second-order valence-electron chi connectivity index (χ2n) is 13.2. The molecule has 0 bridgehead atoms. The lowest BCUT2D eigenvalue weighted by Crippen LogP contribution is -2.36. The molecule has 9 heteroatoms. The summed E-state index contributed by atoms with van der Waals surface area (Å²) in [7, 11) is 1.63. The number of anilines is 1. The standard InChI is InChI=1S/C40H42ClN3O5/c1-26(45)43(2)33-18-19-37-35(23-33)36(46)24-38(49-37)40(48)42-32(22-28-12-16-31(41)17-13-28)21-27-10-14-29(15-11-27)34-8-4-3-7-30(34)25-44-20-6-5-9-39(44)47/h3-4,7-8,12-13,16-19,21,23-24,29,32H,5-6,9-11,14-15,20,22,25H2,1-2H3,(H,42,48)/t29?,32-/m1/s1. The summed E-state index contributed by atoms with van der Waals surface area (Å²) in [6, 6.07) is 21.9. The van der Waals surface area contributed by atoms with E-state index in [2.05, 4.69) is 35.7 Å². The van der Waals surface area contributed by atoms with Crippen LogP contribution in [0, 0.1) is 0 Å². The first-order valence-electron chi connectivity index (χ1n) is 17.1. The van der Waals surface area contributed by atoms with Crippen molar-refractivity contribution in [2.45, 2.75) is 76.8 Å². The van der Waals surface area contributed by atoms with Gasteiger partial charge in [0.2, 0.25) is 11.8 Å². The maximum Gasteiger partial charge on any atom is 0.287 e. The van der Waals surface area contributed by atoms with Gasteiger partial charge in [-0.25, -0.2) is 0 Å². The molecule has 4 aromatic rings. The predicted molar refractivity (Wildman–Crippen MR) is 193 cm³/mol. The number of rotatable bonds is 9. The molecule has 2 fully saturated rings. The Kier molecular flexibility index (Phi) is 10.6. The van der Waals surface area contributed by atoms with Gasteiger partial charge in [0.15, 0.2) is 11.2 Å². The molecule has 0 radical (unpaired) electrons. The summed E-state index contributed by atoms with van der Waals surface area (Å²) in [5.41, 5.74) is 5.34. The molecule has 3 aromatic carbocycles. The van der Waals surface area contributed by atoms with Gasteiger partial charge in [-0.3, -0.25) is 19.2 Å². The van der Waals surface area contributed by atoms with Crippen LogP contribution in [0.1, 0.15) is 85.0 Å². The summed E-state index contributed by atoms with van der Waals surface area (Å²) in [4.78, 5) is 54.5. The Balaban J connectivity index is 1.19. The molecule has 6 rings (SSSR count). The molecule has 2 aliphatic rings. The number of hydrogen-bond donors (Lipinski definition) is 1. The van der Waals surface area contributed by atoms with Crippen molar-refractivity contribution >= 4 is 46.0 Å². The van der Waals surface area contributed by atoms with Gasteiger partial charge < -0.3 is 19.5 Å². The fourth-order valence-corrected chi connectivity index (χ4v) is 7.10. The van der Waals surface area contributed by atoms with Crippen molar-refractivity contribution in [1.29, 1.82) is 0 Å². The van der Waals surface area contributed by atoms with Crippen LogP contribution in [0.4, 0.5) is 5.69 Å². The van der Waals surface area contributed by atoms with Crippen LogP contribution in [-0.2, 0) is 22.6 Å². The first-order chi connectivity index (χ1) is 23.6. The minimum atomic E-state index is -0.477. The van der Waals surface area contributed by atoms with Crippen LogP contribution < -0.4 is 15.6 Å². The highest BCUT2D eigenvalue weighted by Gasteiger charge is 2.25. The summed E-state index contributed by atoms with van der Waals surface area (Å²) in [5, 5.41) is 4.05. The van der Waals surface area contributed by atoms with Crippen molar-refractivity contribution in [3.05, 3.63) is 122 Å². The Morgan fingerprint density at radius 2 is 1.76 bits per heavy atom. The van der Waals surface area contributed by atoms with E-state index in [0.29, 0.717) is 41.4 Å². The number of allylic oxidation sites excluding steroid dienone is 1. The molecule has 2 heterocycles. The number of nitrogens with one attached hydrogen (secondary N) is 1. The number of benzene rings is 3. The van der Waals surface area contributed by atoms with E-state index >= 15 is 0 Å². The Morgan fingerprint density at radius 1 is 1.00 bits per heavy atom. The third-order valence-electron chi connectivity index (χ3n) is 9.82. The van der Waals surface area contributed by atoms with E-state index in [4.69, 9.17) is 16.0 Å². The van der Waals surface area contributed by atoms with E-state index in [9.17, 15) is 19.2 Å². The maximum absolute atomic E-state index is 13.6. The van der Waals surface area contributed by atoms with Crippen LogP contribution in [-0.4, -0.2) is 42.3 Å². The Labute approximate surface area is 291 Å². The zero-order valence-corrected chi connectivity index (χ0v) is 28.8. The normalized spacial score (nSPS) is 17.1. The summed E-state index contributed by atoms with van der Waals surface area (Å²) < 4.78 is 5.91. The third-order valence-corrected chi connectivity index (χ3v) is 10.1. The van der Waals surface area contributed by atoms with E-state index in [0.717, 1.165) is 50.6 Å². The first-order valence-corrected chi connectivity index (χ1v) is 17.4. The smallest absolute Gasteiger partial charge is 0.287 e. The van der Waals surface area contributed by atoms with Crippen LogP contribution in [0.15, 0.2) is 93.7 Å². The number of carbonyl (C=O) groups is 3. The zero-order valence-electron chi connectivity index (χ0n) is 28.0. The van der Waals surface area contributed by atoms with Crippen molar-refractivity contribution in [1.82, 2.24) is 10.2 Å². The SMILES string of the molecule is CC(=O)N(C)c1ccc2oc(C(=O)N[C@H](C=C3CCC(c4ccccc4CN4CCCCC4=O)CC3)Cc3ccc(Cl)cc3)cc(=O)c2c1. The molecular formula is C40H42ClN3O5. The van der Waals surface area contributed by atoms with Crippen molar-refractivity contribution in [2.24, 2.45) is 0 Å². The minimum absolute atomic E-state index is 0.0721. The molecule has 1 N–H and O–H groups in total. The summed E-state index contributed by atoms with van der Waals surface area (Å²) in [6.07, 6.45) is 9.15. The molecule has 1 aromatic heterocycles. The fourth-order valence-electron chi connectivity index (χ4n) is 6.97. The lowest BCUT2D eigenvalue weighted by Gasteiger charge is -2.31. The van der Waals surface area contributed by atoms with Crippen LogP contribution >= 0.6 is 11.6 Å². The highest BCUT2D eigenvalue weighted by molar-refractivity contribution is 6.30. The van der Waals surface area contributed by atoms with Crippen LogP contribution in [0.3, 0.4) is 0 Å². The molecule has 1 aliphatic heterocycles. The predicted octanol–water partition coefficient (Wildman–Crippen LogP) is 7.57. The molecule has 49 heavy (non-hydrogen) atoms. The first kappa shape index (κ1) is 34.2. The van der Waals surface area contributed by atoms with Gasteiger partial charge in [0, 0.05) is 50.3 Å². The Morgan fingerprint density at radius 3 is 2.49 bits per heavy atom. The molecule has 1 saturated heterocycles. The van der Waals surface area contributed by atoms with Crippen molar-refractivity contribution < 1.29 is 18.8 Å². The Hall–Kier alpha value is -4.69. The molecule has 254 valence electrons. The molecule has 3 amide bonds. The quantitative estimate of drug-likeness (QED) is 0.184. The second kappa shape index (κ2) is 15.2. The van der Waals surface area contributed by atoms with Gasteiger partial charge in [-0.05, 0) is 97.9 Å². The average Bonchev–Trinajstić information content (AvgIpc) is 3.10. The number of piperidine rings is 1. The maximum atomic E-state index is 13.6.